The summed E-state index contributed by atoms with van der Waals surface area (Å²) in [5, 5.41) is 20.5. The monoisotopic (exact) mass is 627 g/mol. The zero-order valence-corrected chi connectivity index (χ0v) is 26.6. The highest BCUT2D eigenvalue weighted by Crippen LogP contribution is 2.16. The van der Waals surface area contributed by atoms with Gasteiger partial charge in [-0.05, 0) is 68.9 Å². The number of pyridine rings is 1. The third-order valence-electron chi connectivity index (χ3n) is 6.86. The van der Waals surface area contributed by atoms with Crippen LogP contribution in [0.4, 0.5) is 15.4 Å². The third-order valence-corrected chi connectivity index (χ3v) is 6.86. The molecule has 2 aliphatic heterocycles. The number of anilines is 1. The van der Waals surface area contributed by atoms with E-state index in [2.05, 4.69) is 26.3 Å². The molecule has 45 heavy (non-hydrogen) atoms. The summed E-state index contributed by atoms with van der Waals surface area (Å²) in [6.45, 7) is 10.6. The first kappa shape index (κ1) is 35.1. The molecule has 2 aromatic rings. The van der Waals surface area contributed by atoms with Gasteiger partial charge in [0.1, 0.15) is 29.3 Å². The predicted molar refractivity (Wildman–Crippen MR) is 167 cm³/mol. The van der Waals surface area contributed by atoms with Crippen molar-refractivity contribution in [1.29, 1.82) is 0 Å². The van der Waals surface area contributed by atoms with E-state index in [1.807, 2.05) is 38.1 Å². The number of aliphatic carboxylic acids is 1. The number of fused-ring (bicyclic) bond motifs is 13. The van der Waals surface area contributed by atoms with Gasteiger partial charge in [-0.1, -0.05) is 32.0 Å². The quantitative estimate of drug-likeness (QED) is 0.307. The van der Waals surface area contributed by atoms with E-state index in [0.29, 0.717) is 31.1 Å². The number of nitrogens with zero attached hydrogens (tertiary/aromatic N) is 1. The van der Waals surface area contributed by atoms with E-state index in [1.54, 1.807) is 26.8 Å². The highest BCUT2D eigenvalue weighted by molar-refractivity contribution is 5.89. The molecule has 0 aliphatic carbocycles. The van der Waals surface area contributed by atoms with Crippen LogP contribution in [0.1, 0.15) is 58.6 Å². The van der Waals surface area contributed by atoms with Crippen molar-refractivity contribution in [1.82, 2.24) is 20.9 Å². The SMILES string of the molecule is CC(C)[C@H]1COCCCCOc2ccc(cc2)C[C@@H](NC(=O)N[C@@H](Cc2ccc(NC(=O)OC(C)(C)C)nc2)C(=O)O)C(=O)N1. The van der Waals surface area contributed by atoms with Crippen LogP contribution in [-0.2, 0) is 31.9 Å². The fraction of sp³-hybridized carbons (Fsp3) is 0.531. The lowest BCUT2D eigenvalue weighted by atomic mass is 10.0. The highest BCUT2D eigenvalue weighted by atomic mass is 16.6. The maximum absolute atomic E-state index is 13.5. The lowest BCUT2D eigenvalue weighted by molar-refractivity contribution is -0.139. The van der Waals surface area contributed by atoms with Crippen molar-refractivity contribution in [3.63, 3.8) is 0 Å². The first-order valence-corrected chi connectivity index (χ1v) is 15.1. The van der Waals surface area contributed by atoms with Crippen LogP contribution in [0.25, 0.3) is 0 Å². The second-order valence-electron chi connectivity index (χ2n) is 12.3. The van der Waals surface area contributed by atoms with E-state index in [-0.39, 0.29) is 30.6 Å². The number of amides is 4. The van der Waals surface area contributed by atoms with Crippen molar-refractivity contribution in [2.24, 2.45) is 5.92 Å². The molecule has 0 unspecified atom stereocenters. The lowest BCUT2D eigenvalue weighted by Crippen LogP contribution is -2.56. The fourth-order valence-electron chi connectivity index (χ4n) is 4.38. The van der Waals surface area contributed by atoms with Crippen LogP contribution in [0.3, 0.4) is 0 Å². The van der Waals surface area contributed by atoms with Crippen LogP contribution in [0.15, 0.2) is 42.6 Å². The van der Waals surface area contributed by atoms with E-state index in [1.165, 1.54) is 12.3 Å². The van der Waals surface area contributed by atoms with Gasteiger partial charge in [0.15, 0.2) is 0 Å². The molecule has 0 fully saturated rings. The number of hydrogen-bond acceptors (Lipinski definition) is 8. The Kier molecular flexibility index (Phi) is 13.0. The zero-order chi connectivity index (χ0) is 33.0. The molecule has 5 N–H and O–H groups in total. The minimum atomic E-state index is -1.32. The number of benzene rings is 1. The Bertz CT molecular complexity index is 1280. The van der Waals surface area contributed by atoms with Crippen molar-refractivity contribution >= 4 is 29.8 Å². The fourth-order valence-corrected chi connectivity index (χ4v) is 4.38. The number of carboxylic acids is 1. The molecule has 1 aromatic carbocycles. The summed E-state index contributed by atoms with van der Waals surface area (Å²) in [4.78, 5) is 54.7. The molecule has 4 amide bonds. The van der Waals surface area contributed by atoms with E-state index in [0.717, 1.165) is 18.4 Å². The standard InChI is InChI=1S/C32H45N5O8/c1-20(2)26-19-43-14-6-7-15-44-23-11-8-21(9-12-23)16-24(28(38)34-26)35-30(41)36-25(29(39)40)17-22-10-13-27(33-18-22)37-31(42)45-32(3,4)5/h8-13,18,20,24-26H,6-7,14-17,19H2,1-5H3,(H,34,38)(H,39,40)(H,33,37,42)(H2,35,36,41)/t24-,25+,26-/m1/s1. The number of carbonyl (C=O) groups excluding carboxylic acids is 3. The first-order chi connectivity index (χ1) is 21.3. The van der Waals surface area contributed by atoms with Crippen molar-refractivity contribution in [2.45, 2.75) is 84.0 Å². The number of aromatic nitrogens is 1. The molecule has 1 aromatic heterocycles. The van der Waals surface area contributed by atoms with E-state index in [9.17, 15) is 24.3 Å². The van der Waals surface area contributed by atoms with Gasteiger partial charge in [-0.25, -0.2) is 19.4 Å². The van der Waals surface area contributed by atoms with Crippen LogP contribution >= 0.6 is 0 Å². The average Bonchev–Trinajstić information content (AvgIpc) is 2.95. The molecule has 3 atom stereocenters. The minimum absolute atomic E-state index is 0.0700. The molecular weight excluding hydrogens is 582 g/mol. The van der Waals surface area contributed by atoms with Gasteiger partial charge in [0.25, 0.3) is 0 Å². The Morgan fingerprint density at radius 1 is 1.09 bits per heavy atom. The van der Waals surface area contributed by atoms with Gasteiger partial charge in [0.05, 0.1) is 19.3 Å². The normalized spacial score (nSPS) is 18.7. The Balaban J connectivity index is 1.69. The van der Waals surface area contributed by atoms with Gasteiger partial charge in [0, 0.05) is 25.6 Å². The number of hydrogen-bond donors (Lipinski definition) is 5. The molecule has 13 nitrogen and oxygen atoms in total. The van der Waals surface area contributed by atoms with Crippen LogP contribution in [0, 0.1) is 5.92 Å². The highest BCUT2D eigenvalue weighted by Gasteiger charge is 2.28. The van der Waals surface area contributed by atoms with Crippen LogP contribution in [0.5, 0.6) is 5.75 Å². The Hall–Kier alpha value is -4.39. The summed E-state index contributed by atoms with van der Waals surface area (Å²) in [7, 11) is 0. The second kappa shape index (κ2) is 16.6. The molecule has 0 saturated carbocycles. The van der Waals surface area contributed by atoms with Gasteiger partial charge in [-0.2, -0.15) is 0 Å². The predicted octanol–water partition coefficient (Wildman–Crippen LogP) is 3.66. The van der Waals surface area contributed by atoms with Crippen LogP contribution in [-0.4, -0.2) is 77.6 Å². The van der Waals surface area contributed by atoms with Crippen molar-refractivity contribution in [2.75, 3.05) is 25.1 Å². The van der Waals surface area contributed by atoms with E-state index >= 15 is 0 Å². The summed E-state index contributed by atoms with van der Waals surface area (Å²) in [6, 6.07) is 6.96. The number of rotatable bonds is 7. The summed E-state index contributed by atoms with van der Waals surface area (Å²) >= 11 is 0. The van der Waals surface area contributed by atoms with E-state index < -0.39 is 41.7 Å². The molecular formula is C32H45N5O8. The largest absolute Gasteiger partial charge is 0.494 e. The topological polar surface area (TPSA) is 177 Å². The van der Waals surface area contributed by atoms with E-state index in [4.69, 9.17) is 14.2 Å². The molecule has 0 spiro atoms. The summed E-state index contributed by atoms with van der Waals surface area (Å²) in [6.07, 6.45) is 2.46. The molecule has 2 bridgehead atoms. The van der Waals surface area contributed by atoms with Gasteiger partial charge < -0.3 is 35.3 Å². The molecule has 3 heterocycles. The maximum Gasteiger partial charge on any atom is 0.413 e. The second-order valence-corrected chi connectivity index (χ2v) is 12.3. The molecule has 2 aliphatic rings. The Labute approximate surface area is 263 Å². The number of urea groups is 1. The van der Waals surface area contributed by atoms with Crippen LogP contribution < -0.4 is 26.0 Å². The smallest absolute Gasteiger partial charge is 0.413 e. The number of nitrogens with one attached hydrogen (secondary N) is 4. The van der Waals surface area contributed by atoms with Gasteiger partial charge in [-0.15, -0.1) is 0 Å². The molecule has 4 rings (SSSR count). The summed E-state index contributed by atoms with van der Waals surface area (Å²) in [5.74, 6) is -0.687. The maximum atomic E-state index is 13.5. The van der Waals surface area contributed by atoms with Gasteiger partial charge in [0.2, 0.25) is 5.91 Å². The molecule has 0 radical (unpaired) electrons. The van der Waals surface area contributed by atoms with Crippen molar-refractivity contribution < 1.29 is 38.5 Å². The Morgan fingerprint density at radius 3 is 2.42 bits per heavy atom. The third kappa shape index (κ3) is 12.6. The summed E-state index contributed by atoms with van der Waals surface area (Å²) < 4.78 is 16.8. The molecule has 13 heteroatoms. The Morgan fingerprint density at radius 2 is 1.80 bits per heavy atom. The lowest BCUT2D eigenvalue weighted by Gasteiger charge is -2.26. The average molecular weight is 628 g/mol. The van der Waals surface area contributed by atoms with Crippen molar-refractivity contribution in [3.8, 4) is 5.75 Å². The number of carboxylic acid groups (broad SMARTS) is 1. The van der Waals surface area contributed by atoms with Crippen LogP contribution in [0.2, 0.25) is 0 Å². The van der Waals surface area contributed by atoms with Crippen molar-refractivity contribution in [3.05, 3.63) is 53.7 Å². The van der Waals surface area contributed by atoms with Gasteiger partial charge in [-0.3, -0.25) is 10.1 Å². The first-order valence-electron chi connectivity index (χ1n) is 15.1. The molecule has 246 valence electrons. The zero-order valence-electron chi connectivity index (χ0n) is 26.6. The molecule has 0 saturated heterocycles. The van der Waals surface area contributed by atoms with Gasteiger partial charge >= 0.3 is 18.1 Å². The number of ether oxygens (including phenoxy) is 3. The minimum Gasteiger partial charge on any atom is -0.494 e. The summed E-state index contributed by atoms with van der Waals surface area (Å²) in [5.41, 5.74) is 0.607. The number of carbonyl (C=O) groups is 4.